The average Bonchev–Trinajstić information content (AvgIpc) is 2.54. The van der Waals surface area contributed by atoms with Crippen molar-refractivity contribution >= 4 is 27.6 Å². The molecule has 9 heteroatoms. The van der Waals surface area contributed by atoms with Crippen molar-refractivity contribution < 1.29 is 27.9 Å². The van der Waals surface area contributed by atoms with Crippen LogP contribution in [0.2, 0.25) is 0 Å². The zero-order valence-corrected chi connectivity index (χ0v) is 14.0. The zero-order chi connectivity index (χ0) is 17.9. The van der Waals surface area contributed by atoms with E-state index < -0.39 is 22.0 Å². The van der Waals surface area contributed by atoms with Crippen LogP contribution < -0.4 is 10.5 Å². The van der Waals surface area contributed by atoms with Crippen LogP contribution in [-0.4, -0.2) is 38.6 Å². The molecule has 0 heterocycles. The van der Waals surface area contributed by atoms with E-state index in [4.69, 9.17) is 10.2 Å². The van der Waals surface area contributed by atoms with E-state index >= 15 is 0 Å². The van der Waals surface area contributed by atoms with Crippen LogP contribution in [0.3, 0.4) is 0 Å². The van der Waals surface area contributed by atoms with Gasteiger partial charge >= 0.3 is 11.9 Å². The van der Waals surface area contributed by atoms with E-state index in [9.17, 15) is 18.0 Å². The summed E-state index contributed by atoms with van der Waals surface area (Å²) in [7, 11) is -2.73. The molecule has 1 aliphatic rings. The van der Waals surface area contributed by atoms with E-state index in [0.29, 0.717) is 31.4 Å². The standard InChI is InChI=1S/C15H20N2O6S/c1-23-15(20)12-8-11(24(16,21)22)6-7-13(12)17-10-4-2-9(3-5-10)14(18)19/h6-10,17H,2-5H2,1H3,(H,18,19)(H2,16,21,22). The SMILES string of the molecule is COC(=O)c1cc(S(N)(=O)=O)ccc1NC1CCC(C(=O)O)CC1. The Bertz CT molecular complexity index is 738. The first-order valence-corrected chi connectivity index (χ1v) is 9.01. The summed E-state index contributed by atoms with van der Waals surface area (Å²) in [6.45, 7) is 0. The molecule has 8 nitrogen and oxygen atoms in total. The van der Waals surface area contributed by atoms with Gasteiger partial charge < -0.3 is 15.2 Å². The smallest absolute Gasteiger partial charge is 0.340 e. The number of nitrogens with one attached hydrogen (secondary N) is 1. The van der Waals surface area contributed by atoms with Gasteiger partial charge in [0.1, 0.15) is 0 Å². The summed E-state index contributed by atoms with van der Waals surface area (Å²) < 4.78 is 27.6. The molecule has 0 aromatic heterocycles. The van der Waals surface area contributed by atoms with Gasteiger partial charge in [0.2, 0.25) is 10.0 Å². The molecule has 24 heavy (non-hydrogen) atoms. The van der Waals surface area contributed by atoms with Crippen LogP contribution in [0.15, 0.2) is 23.1 Å². The van der Waals surface area contributed by atoms with E-state index in [-0.39, 0.29) is 22.4 Å². The van der Waals surface area contributed by atoms with Crippen molar-refractivity contribution in [1.29, 1.82) is 0 Å². The van der Waals surface area contributed by atoms with Crippen molar-refractivity contribution in [1.82, 2.24) is 0 Å². The van der Waals surface area contributed by atoms with Gasteiger partial charge in [0.15, 0.2) is 0 Å². The average molecular weight is 356 g/mol. The van der Waals surface area contributed by atoms with E-state index in [0.717, 1.165) is 0 Å². The van der Waals surface area contributed by atoms with Gasteiger partial charge in [0, 0.05) is 11.7 Å². The fraction of sp³-hybridized carbons (Fsp3) is 0.467. The Balaban J connectivity index is 2.21. The molecule has 4 N–H and O–H groups in total. The molecule has 0 radical (unpaired) electrons. The molecule has 1 fully saturated rings. The lowest BCUT2D eigenvalue weighted by Crippen LogP contribution is -2.30. The summed E-state index contributed by atoms with van der Waals surface area (Å²) in [6.07, 6.45) is 2.40. The van der Waals surface area contributed by atoms with Crippen molar-refractivity contribution in [3.63, 3.8) is 0 Å². The maximum absolute atomic E-state index is 11.9. The first kappa shape index (κ1) is 18.2. The van der Waals surface area contributed by atoms with Crippen molar-refractivity contribution in [2.75, 3.05) is 12.4 Å². The van der Waals surface area contributed by atoms with Crippen molar-refractivity contribution in [3.05, 3.63) is 23.8 Å². The Morgan fingerprint density at radius 2 is 1.88 bits per heavy atom. The van der Waals surface area contributed by atoms with Crippen LogP contribution in [0.4, 0.5) is 5.69 Å². The number of carbonyl (C=O) groups is 2. The van der Waals surface area contributed by atoms with Gasteiger partial charge in [-0.1, -0.05) is 0 Å². The molecule has 0 saturated heterocycles. The maximum Gasteiger partial charge on any atom is 0.340 e. The summed E-state index contributed by atoms with van der Waals surface area (Å²) in [5, 5.41) is 17.3. The fourth-order valence-corrected chi connectivity index (χ4v) is 3.35. The highest BCUT2D eigenvalue weighted by Crippen LogP contribution is 2.29. The first-order valence-electron chi connectivity index (χ1n) is 7.47. The quantitative estimate of drug-likeness (QED) is 0.674. The second-order valence-electron chi connectivity index (χ2n) is 5.78. The van der Waals surface area contributed by atoms with E-state index in [2.05, 4.69) is 10.1 Å². The number of nitrogens with two attached hydrogens (primary N) is 1. The van der Waals surface area contributed by atoms with Crippen LogP contribution in [0.1, 0.15) is 36.0 Å². The number of anilines is 1. The lowest BCUT2D eigenvalue weighted by molar-refractivity contribution is -0.142. The number of hydrogen-bond acceptors (Lipinski definition) is 6. The van der Waals surface area contributed by atoms with Gasteiger partial charge in [-0.05, 0) is 43.9 Å². The number of primary sulfonamides is 1. The molecule has 132 valence electrons. The maximum atomic E-state index is 11.9. The molecule has 0 atom stereocenters. The predicted molar refractivity (Wildman–Crippen MR) is 86.2 cm³/mol. The summed E-state index contributed by atoms with van der Waals surface area (Å²) in [5.74, 6) is -1.81. The lowest BCUT2D eigenvalue weighted by Gasteiger charge is -2.28. The second kappa shape index (κ2) is 7.18. The van der Waals surface area contributed by atoms with Gasteiger partial charge in [-0.15, -0.1) is 0 Å². The number of esters is 1. The third-order valence-electron chi connectivity index (χ3n) is 4.16. The third-order valence-corrected chi connectivity index (χ3v) is 5.07. The molecule has 0 unspecified atom stereocenters. The number of carboxylic acids is 1. The molecule has 2 rings (SSSR count). The van der Waals surface area contributed by atoms with Crippen molar-refractivity contribution in [2.45, 2.75) is 36.6 Å². The Kier molecular flexibility index (Phi) is 5.45. The molecule has 1 aromatic rings. The van der Waals surface area contributed by atoms with Gasteiger partial charge in [-0.25, -0.2) is 18.4 Å². The number of ether oxygens (including phenoxy) is 1. The molecule has 0 aliphatic heterocycles. The molecule has 1 aliphatic carbocycles. The number of methoxy groups -OCH3 is 1. The summed E-state index contributed by atoms with van der Waals surface area (Å²) in [5.41, 5.74) is 0.511. The minimum Gasteiger partial charge on any atom is -0.481 e. The fourth-order valence-electron chi connectivity index (χ4n) is 2.81. The Morgan fingerprint density at radius 1 is 1.25 bits per heavy atom. The van der Waals surface area contributed by atoms with Crippen molar-refractivity contribution in [3.8, 4) is 0 Å². The van der Waals surface area contributed by atoms with Gasteiger partial charge in [-0.2, -0.15) is 0 Å². The zero-order valence-electron chi connectivity index (χ0n) is 13.2. The van der Waals surface area contributed by atoms with Crippen LogP contribution >= 0.6 is 0 Å². The van der Waals surface area contributed by atoms with Crippen LogP contribution in [0.5, 0.6) is 0 Å². The number of carboxylic acid groups (broad SMARTS) is 1. The minimum atomic E-state index is -3.93. The first-order chi connectivity index (χ1) is 11.2. The Hall–Kier alpha value is -2.13. The number of rotatable bonds is 5. The van der Waals surface area contributed by atoms with E-state index in [1.54, 1.807) is 0 Å². The summed E-state index contributed by atoms with van der Waals surface area (Å²) in [6, 6.07) is 3.96. The molecule has 1 aromatic carbocycles. The van der Waals surface area contributed by atoms with Crippen LogP contribution in [0, 0.1) is 5.92 Å². The number of benzene rings is 1. The van der Waals surface area contributed by atoms with Crippen LogP contribution in [-0.2, 0) is 19.6 Å². The molecular formula is C15H20N2O6S. The monoisotopic (exact) mass is 356 g/mol. The molecule has 0 spiro atoms. The van der Waals surface area contributed by atoms with Gasteiger partial charge in [-0.3, -0.25) is 4.79 Å². The largest absolute Gasteiger partial charge is 0.481 e. The van der Waals surface area contributed by atoms with Gasteiger partial charge in [0.05, 0.1) is 23.5 Å². The third kappa shape index (κ3) is 4.24. The highest BCUT2D eigenvalue weighted by molar-refractivity contribution is 7.89. The lowest BCUT2D eigenvalue weighted by atomic mass is 9.86. The van der Waals surface area contributed by atoms with Crippen molar-refractivity contribution in [2.24, 2.45) is 11.1 Å². The normalized spacial score (nSPS) is 21.1. The Morgan fingerprint density at radius 3 is 2.38 bits per heavy atom. The topological polar surface area (TPSA) is 136 Å². The van der Waals surface area contributed by atoms with Crippen LogP contribution in [0.25, 0.3) is 0 Å². The molecule has 0 bridgehead atoms. The Labute approximate surface area is 140 Å². The summed E-state index contributed by atoms with van der Waals surface area (Å²) in [4.78, 5) is 22.7. The molecule has 0 amide bonds. The highest BCUT2D eigenvalue weighted by Gasteiger charge is 2.27. The minimum absolute atomic E-state index is 0.00402. The number of hydrogen-bond donors (Lipinski definition) is 3. The number of carbonyl (C=O) groups excluding carboxylic acids is 1. The van der Waals surface area contributed by atoms with E-state index in [1.807, 2.05) is 0 Å². The highest BCUT2D eigenvalue weighted by atomic mass is 32.2. The number of aliphatic carboxylic acids is 1. The number of sulfonamides is 1. The van der Waals surface area contributed by atoms with Gasteiger partial charge in [0.25, 0.3) is 0 Å². The molecular weight excluding hydrogens is 336 g/mol. The van der Waals surface area contributed by atoms with E-state index in [1.165, 1.54) is 25.3 Å². The molecule has 1 saturated carbocycles. The second-order valence-corrected chi connectivity index (χ2v) is 7.34. The predicted octanol–water partition coefficient (Wildman–Crippen LogP) is 1.18. The summed E-state index contributed by atoms with van der Waals surface area (Å²) >= 11 is 0.